The van der Waals surface area contributed by atoms with Gasteiger partial charge in [0.15, 0.2) is 0 Å². The number of amides is 1. The van der Waals surface area contributed by atoms with Gasteiger partial charge in [0.25, 0.3) is 5.91 Å². The maximum atomic E-state index is 12.1. The molecular weight excluding hydrogens is 266 g/mol. The van der Waals surface area contributed by atoms with Crippen molar-refractivity contribution in [2.24, 2.45) is 0 Å². The van der Waals surface area contributed by atoms with E-state index in [9.17, 15) is 4.79 Å². The van der Waals surface area contributed by atoms with E-state index >= 15 is 0 Å². The highest BCUT2D eigenvalue weighted by atomic mass is 35.5. The molecule has 0 radical (unpaired) electrons. The van der Waals surface area contributed by atoms with Gasteiger partial charge in [0.05, 0.1) is 23.3 Å². The number of nitrogens with one attached hydrogen (secondary N) is 1. The molecule has 1 aromatic rings. The van der Waals surface area contributed by atoms with E-state index in [1.807, 2.05) is 13.8 Å². The second kappa shape index (κ2) is 7.31. The Balaban J connectivity index is 2.64. The summed E-state index contributed by atoms with van der Waals surface area (Å²) in [5.41, 5.74) is 0.469. The van der Waals surface area contributed by atoms with Crippen LogP contribution in [0.2, 0.25) is 5.02 Å². The maximum Gasteiger partial charge on any atom is 0.255 e. The molecule has 1 rings (SSSR count). The van der Waals surface area contributed by atoms with E-state index in [-0.39, 0.29) is 12.0 Å². The summed E-state index contributed by atoms with van der Waals surface area (Å²) in [6.45, 7) is 4.96. The van der Waals surface area contributed by atoms with E-state index in [1.165, 1.54) is 6.20 Å². The number of halogens is 1. The lowest BCUT2D eigenvalue weighted by Gasteiger charge is -2.18. The summed E-state index contributed by atoms with van der Waals surface area (Å²) >= 11 is 6.00. The van der Waals surface area contributed by atoms with E-state index in [0.29, 0.717) is 29.6 Å². The first-order valence-electron chi connectivity index (χ1n) is 6.16. The second-order valence-corrected chi connectivity index (χ2v) is 4.86. The van der Waals surface area contributed by atoms with Crippen LogP contribution >= 0.6 is 11.6 Å². The summed E-state index contributed by atoms with van der Waals surface area (Å²) in [6.07, 6.45) is 1.68. The van der Waals surface area contributed by atoms with Gasteiger partial charge in [-0.15, -0.1) is 0 Å². The molecule has 0 aliphatic carbocycles. The Morgan fingerprint density at radius 3 is 2.79 bits per heavy atom. The predicted octanol–water partition coefficient (Wildman–Crippen LogP) is 2.27. The van der Waals surface area contributed by atoms with Gasteiger partial charge in [0.2, 0.25) is 0 Å². The van der Waals surface area contributed by atoms with Crippen molar-refractivity contribution in [1.29, 1.82) is 0 Å². The Bertz CT molecular complexity index is 438. The van der Waals surface area contributed by atoms with Gasteiger partial charge in [-0.25, -0.2) is 4.98 Å². The molecule has 0 fully saturated rings. The number of carbonyl (C=O) groups excluding carboxylic acids is 1. The largest absolute Gasteiger partial charge is 0.377 e. The van der Waals surface area contributed by atoms with Crippen LogP contribution in [-0.2, 0) is 4.74 Å². The Labute approximate surface area is 118 Å². The first kappa shape index (κ1) is 15.7. The SMILES string of the molecule is CNc1ncc(C(=O)N(C)CCOC(C)C)cc1Cl. The van der Waals surface area contributed by atoms with Gasteiger partial charge in [-0.1, -0.05) is 11.6 Å². The van der Waals surface area contributed by atoms with Crippen molar-refractivity contribution in [3.8, 4) is 0 Å². The van der Waals surface area contributed by atoms with Crippen molar-refractivity contribution < 1.29 is 9.53 Å². The zero-order chi connectivity index (χ0) is 14.4. The molecular formula is C13H20ClN3O2. The number of hydrogen-bond acceptors (Lipinski definition) is 4. The summed E-state index contributed by atoms with van der Waals surface area (Å²) in [7, 11) is 3.46. The first-order chi connectivity index (χ1) is 8.95. The van der Waals surface area contributed by atoms with Crippen molar-refractivity contribution in [1.82, 2.24) is 9.88 Å². The van der Waals surface area contributed by atoms with Gasteiger partial charge in [-0.05, 0) is 19.9 Å². The van der Waals surface area contributed by atoms with E-state index in [1.54, 1.807) is 25.1 Å². The number of ether oxygens (including phenoxy) is 1. The minimum absolute atomic E-state index is 0.121. The molecule has 0 aliphatic heterocycles. The van der Waals surface area contributed by atoms with Gasteiger partial charge in [0.1, 0.15) is 5.82 Å². The summed E-state index contributed by atoms with van der Waals surface area (Å²) in [5, 5.41) is 3.28. The average Bonchev–Trinajstić information content (AvgIpc) is 2.37. The molecule has 0 aliphatic rings. The Morgan fingerprint density at radius 2 is 2.26 bits per heavy atom. The smallest absolute Gasteiger partial charge is 0.255 e. The average molecular weight is 286 g/mol. The third kappa shape index (κ3) is 4.69. The van der Waals surface area contributed by atoms with Crippen molar-refractivity contribution in [2.45, 2.75) is 20.0 Å². The molecule has 0 bridgehead atoms. The maximum absolute atomic E-state index is 12.1. The number of rotatable bonds is 6. The Kier molecular flexibility index (Phi) is 6.05. The fourth-order valence-corrected chi connectivity index (χ4v) is 1.75. The zero-order valence-electron chi connectivity index (χ0n) is 11.7. The van der Waals surface area contributed by atoms with Crippen molar-refractivity contribution in [2.75, 3.05) is 32.6 Å². The highest BCUT2D eigenvalue weighted by Gasteiger charge is 2.14. The summed E-state index contributed by atoms with van der Waals surface area (Å²) in [5.74, 6) is 0.438. The highest BCUT2D eigenvalue weighted by molar-refractivity contribution is 6.33. The number of carbonyl (C=O) groups is 1. The van der Waals surface area contributed by atoms with Crippen LogP contribution in [0.1, 0.15) is 24.2 Å². The lowest BCUT2D eigenvalue weighted by atomic mass is 10.2. The van der Waals surface area contributed by atoms with Crippen molar-refractivity contribution in [3.05, 3.63) is 22.8 Å². The normalized spacial score (nSPS) is 10.6. The predicted molar refractivity (Wildman–Crippen MR) is 76.8 cm³/mol. The summed E-state index contributed by atoms with van der Waals surface area (Å²) in [4.78, 5) is 17.8. The van der Waals surface area contributed by atoms with Crippen molar-refractivity contribution in [3.63, 3.8) is 0 Å². The first-order valence-corrected chi connectivity index (χ1v) is 6.54. The quantitative estimate of drug-likeness (QED) is 0.871. The lowest BCUT2D eigenvalue weighted by molar-refractivity contribution is 0.0532. The summed E-state index contributed by atoms with van der Waals surface area (Å²) in [6, 6.07) is 1.61. The fourth-order valence-electron chi connectivity index (χ4n) is 1.49. The van der Waals surface area contributed by atoms with Crippen LogP contribution in [0.25, 0.3) is 0 Å². The number of anilines is 1. The third-order valence-corrected chi connectivity index (χ3v) is 2.84. The van der Waals surface area contributed by atoms with Gasteiger partial charge in [-0.3, -0.25) is 4.79 Å². The van der Waals surface area contributed by atoms with E-state index in [2.05, 4.69) is 10.3 Å². The third-order valence-electron chi connectivity index (χ3n) is 2.55. The van der Waals surface area contributed by atoms with E-state index in [4.69, 9.17) is 16.3 Å². The number of nitrogens with zero attached hydrogens (tertiary/aromatic N) is 2. The lowest BCUT2D eigenvalue weighted by Crippen LogP contribution is -2.30. The second-order valence-electron chi connectivity index (χ2n) is 4.45. The molecule has 6 heteroatoms. The van der Waals surface area contributed by atoms with Crippen LogP contribution in [0, 0.1) is 0 Å². The molecule has 0 saturated heterocycles. The van der Waals surface area contributed by atoms with Gasteiger partial charge < -0.3 is 15.0 Å². The van der Waals surface area contributed by atoms with Gasteiger partial charge in [-0.2, -0.15) is 0 Å². The molecule has 5 nitrogen and oxygen atoms in total. The van der Waals surface area contributed by atoms with Crippen LogP contribution in [0.5, 0.6) is 0 Å². The standard InChI is InChI=1S/C13H20ClN3O2/c1-9(2)19-6-5-17(4)13(18)10-7-11(14)12(15-3)16-8-10/h7-9H,5-6H2,1-4H3,(H,15,16). The van der Waals surface area contributed by atoms with Crippen LogP contribution in [0.4, 0.5) is 5.82 Å². The Hall–Kier alpha value is -1.33. The minimum atomic E-state index is -0.121. The van der Waals surface area contributed by atoms with E-state index < -0.39 is 0 Å². The molecule has 1 N–H and O–H groups in total. The monoisotopic (exact) mass is 285 g/mol. The molecule has 0 atom stereocenters. The number of aromatic nitrogens is 1. The molecule has 1 heterocycles. The minimum Gasteiger partial charge on any atom is -0.377 e. The fraction of sp³-hybridized carbons (Fsp3) is 0.538. The Morgan fingerprint density at radius 1 is 1.58 bits per heavy atom. The van der Waals surface area contributed by atoms with Crippen LogP contribution in [0.3, 0.4) is 0 Å². The molecule has 1 amide bonds. The number of hydrogen-bond donors (Lipinski definition) is 1. The number of likely N-dealkylation sites (N-methyl/N-ethyl adjacent to an activating group) is 1. The molecule has 106 valence electrons. The highest BCUT2D eigenvalue weighted by Crippen LogP contribution is 2.19. The topological polar surface area (TPSA) is 54.5 Å². The molecule has 0 unspecified atom stereocenters. The summed E-state index contributed by atoms with van der Waals surface area (Å²) < 4.78 is 5.41. The molecule has 19 heavy (non-hydrogen) atoms. The van der Waals surface area contributed by atoms with Crippen LogP contribution < -0.4 is 5.32 Å². The van der Waals surface area contributed by atoms with E-state index in [0.717, 1.165) is 0 Å². The number of pyridine rings is 1. The molecule has 0 aromatic carbocycles. The van der Waals surface area contributed by atoms with Crippen molar-refractivity contribution >= 4 is 23.3 Å². The molecule has 1 aromatic heterocycles. The zero-order valence-corrected chi connectivity index (χ0v) is 12.5. The van der Waals surface area contributed by atoms with Gasteiger partial charge in [0, 0.05) is 26.8 Å². The molecule has 0 spiro atoms. The van der Waals surface area contributed by atoms with Gasteiger partial charge >= 0.3 is 0 Å². The van der Waals surface area contributed by atoms with Crippen LogP contribution in [0.15, 0.2) is 12.3 Å². The molecule has 0 saturated carbocycles. The van der Waals surface area contributed by atoms with Crippen LogP contribution in [-0.4, -0.2) is 49.1 Å².